The number of halogens is 1. The van der Waals surface area contributed by atoms with Crippen molar-refractivity contribution in [3.8, 4) is 0 Å². The molecule has 0 amide bonds. The molecule has 0 N–H and O–H groups in total. The van der Waals surface area contributed by atoms with Gasteiger partial charge in [0, 0.05) is 23.7 Å². The molecule has 1 fully saturated rings. The van der Waals surface area contributed by atoms with Crippen LogP contribution in [0.3, 0.4) is 0 Å². The fourth-order valence-electron chi connectivity index (χ4n) is 1.81. The Kier molecular flexibility index (Phi) is 1.91. The van der Waals surface area contributed by atoms with E-state index in [0.717, 1.165) is 18.5 Å². The van der Waals surface area contributed by atoms with Crippen LogP contribution in [0.5, 0.6) is 0 Å². The van der Waals surface area contributed by atoms with Crippen molar-refractivity contribution in [2.75, 3.05) is 0 Å². The minimum Gasteiger partial charge on any atom is -0.328 e. The van der Waals surface area contributed by atoms with Crippen molar-refractivity contribution in [1.29, 1.82) is 0 Å². The van der Waals surface area contributed by atoms with Crippen molar-refractivity contribution in [1.82, 2.24) is 9.55 Å². The smallest absolute Gasteiger partial charge is 0.288 e. The molecule has 0 bridgehead atoms. The molecule has 0 aromatic carbocycles. The minimum absolute atomic E-state index is 0.0250. The summed E-state index contributed by atoms with van der Waals surface area (Å²) in [7, 11) is 0. The molecule has 2 aromatic rings. The van der Waals surface area contributed by atoms with Crippen LogP contribution >= 0.6 is 11.6 Å². The van der Waals surface area contributed by atoms with E-state index in [9.17, 15) is 10.1 Å². The van der Waals surface area contributed by atoms with Crippen molar-refractivity contribution in [3.05, 3.63) is 33.6 Å². The lowest BCUT2D eigenvalue weighted by atomic mass is 10.3. The van der Waals surface area contributed by atoms with E-state index in [0.29, 0.717) is 16.5 Å². The van der Waals surface area contributed by atoms with Gasteiger partial charge in [0.1, 0.15) is 11.8 Å². The Balaban J connectivity index is 2.24. The molecule has 0 unspecified atom stereocenters. The first kappa shape index (κ1) is 9.59. The summed E-state index contributed by atoms with van der Waals surface area (Å²) in [5.41, 5.74) is 0.709. The van der Waals surface area contributed by atoms with Crippen LogP contribution in [0.2, 0.25) is 5.02 Å². The second-order valence-corrected chi connectivity index (χ2v) is 4.34. The third-order valence-electron chi connectivity index (χ3n) is 2.76. The Morgan fingerprint density at radius 3 is 2.94 bits per heavy atom. The zero-order valence-corrected chi connectivity index (χ0v) is 9.02. The molecule has 1 saturated carbocycles. The average molecular weight is 238 g/mol. The van der Waals surface area contributed by atoms with Gasteiger partial charge in [-0.15, -0.1) is 0 Å². The normalized spacial score (nSPS) is 15.6. The van der Waals surface area contributed by atoms with Crippen LogP contribution in [0, 0.1) is 10.1 Å². The zero-order valence-electron chi connectivity index (χ0n) is 8.26. The van der Waals surface area contributed by atoms with E-state index < -0.39 is 4.92 Å². The lowest BCUT2D eigenvalue weighted by molar-refractivity contribution is -0.385. The molecule has 3 rings (SSSR count). The van der Waals surface area contributed by atoms with E-state index in [2.05, 4.69) is 4.98 Å². The second-order valence-electron chi connectivity index (χ2n) is 3.94. The van der Waals surface area contributed by atoms with E-state index in [1.54, 1.807) is 6.20 Å². The second kappa shape index (κ2) is 3.18. The summed E-state index contributed by atoms with van der Waals surface area (Å²) >= 11 is 6.04. The number of fused-ring (bicyclic) bond motifs is 1. The van der Waals surface area contributed by atoms with Gasteiger partial charge in [-0.3, -0.25) is 10.1 Å². The standard InChI is InChI=1S/C10H8ClN3O2/c11-9-5-13(6-1-2-6)10-8(9)3-7(4-12-10)14(15)16/h3-6H,1-2H2. The molecule has 0 atom stereocenters. The Bertz CT molecular complexity index is 589. The van der Waals surface area contributed by atoms with E-state index in [1.807, 2.05) is 4.57 Å². The molecule has 2 heterocycles. The summed E-state index contributed by atoms with van der Waals surface area (Å²) in [6.45, 7) is 0. The maximum Gasteiger partial charge on any atom is 0.288 e. The molecule has 0 spiro atoms. The first-order valence-electron chi connectivity index (χ1n) is 4.97. The highest BCUT2D eigenvalue weighted by Crippen LogP contribution is 2.39. The van der Waals surface area contributed by atoms with Gasteiger partial charge in [-0.2, -0.15) is 0 Å². The van der Waals surface area contributed by atoms with Crippen molar-refractivity contribution < 1.29 is 4.92 Å². The minimum atomic E-state index is -0.461. The molecular weight excluding hydrogens is 230 g/mol. The van der Waals surface area contributed by atoms with Crippen LogP contribution in [-0.2, 0) is 0 Å². The highest BCUT2D eigenvalue weighted by atomic mass is 35.5. The molecule has 0 aliphatic heterocycles. The summed E-state index contributed by atoms with van der Waals surface area (Å²) in [5.74, 6) is 0. The topological polar surface area (TPSA) is 61.0 Å². The molecule has 1 aliphatic rings. The molecule has 5 nitrogen and oxygen atoms in total. The van der Waals surface area contributed by atoms with E-state index in [-0.39, 0.29) is 5.69 Å². The quantitative estimate of drug-likeness (QED) is 0.596. The highest BCUT2D eigenvalue weighted by Gasteiger charge is 2.26. The fraction of sp³-hybridized carbons (Fsp3) is 0.300. The Hall–Kier alpha value is -1.62. The van der Waals surface area contributed by atoms with E-state index in [4.69, 9.17) is 11.6 Å². The SMILES string of the molecule is O=[N+]([O-])c1cnc2c(c1)c(Cl)cn2C1CC1. The lowest BCUT2D eigenvalue weighted by Crippen LogP contribution is -1.94. The van der Waals surface area contributed by atoms with Gasteiger partial charge in [-0.05, 0) is 12.8 Å². The van der Waals surface area contributed by atoms with Gasteiger partial charge in [-0.1, -0.05) is 11.6 Å². The third kappa shape index (κ3) is 1.36. The highest BCUT2D eigenvalue weighted by molar-refractivity contribution is 6.35. The summed E-state index contributed by atoms with van der Waals surface area (Å²) in [5, 5.41) is 11.8. The largest absolute Gasteiger partial charge is 0.328 e. The van der Waals surface area contributed by atoms with E-state index >= 15 is 0 Å². The van der Waals surface area contributed by atoms with Crippen LogP contribution in [0.1, 0.15) is 18.9 Å². The molecule has 1 aliphatic carbocycles. The molecule has 2 aromatic heterocycles. The monoisotopic (exact) mass is 237 g/mol. The van der Waals surface area contributed by atoms with Crippen molar-refractivity contribution in [2.45, 2.75) is 18.9 Å². The summed E-state index contributed by atoms with van der Waals surface area (Å²) < 4.78 is 2.00. The van der Waals surface area contributed by atoms with Gasteiger partial charge in [-0.25, -0.2) is 4.98 Å². The van der Waals surface area contributed by atoms with Gasteiger partial charge in [0.25, 0.3) is 5.69 Å². The molecule has 16 heavy (non-hydrogen) atoms. The fourth-order valence-corrected chi connectivity index (χ4v) is 2.06. The number of nitro groups is 1. The number of hydrogen-bond acceptors (Lipinski definition) is 3. The number of pyridine rings is 1. The lowest BCUT2D eigenvalue weighted by Gasteiger charge is -1.99. The number of nitrogens with zero attached hydrogens (tertiary/aromatic N) is 3. The molecule has 0 saturated heterocycles. The van der Waals surface area contributed by atoms with Crippen LogP contribution in [0.15, 0.2) is 18.5 Å². The van der Waals surface area contributed by atoms with Crippen LogP contribution < -0.4 is 0 Å². The third-order valence-corrected chi connectivity index (χ3v) is 3.06. The first-order chi connectivity index (χ1) is 7.66. The van der Waals surface area contributed by atoms with Gasteiger partial charge in [0.2, 0.25) is 0 Å². The van der Waals surface area contributed by atoms with Gasteiger partial charge >= 0.3 is 0 Å². The molecule has 82 valence electrons. The maximum atomic E-state index is 10.6. The van der Waals surface area contributed by atoms with Gasteiger partial charge < -0.3 is 4.57 Å². The molecule has 0 radical (unpaired) electrons. The number of hydrogen-bond donors (Lipinski definition) is 0. The van der Waals surface area contributed by atoms with Crippen molar-refractivity contribution in [3.63, 3.8) is 0 Å². The Morgan fingerprint density at radius 2 is 2.31 bits per heavy atom. The van der Waals surface area contributed by atoms with Gasteiger partial charge in [0.15, 0.2) is 0 Å². The summed E-state index contributed by atoms with van der Waals surface area (Å²) in [6, 6.07) is 1.94. The predicted octanol–water partition coefficient (Wildman–Crippen LogP) is 2.93. The zero-order chi connectivity index (χ0) is 11.3. The van der Waals surface area contributed by atoms with Crippen molar-refractivity contribution >= 4 is 28.3 Å². The number of aromatic nitrogens is 2. The van der Waals surface area contributed by atoms with Crippen molar-refractivity contribution in [2.24, 2.45) is 0 Å². The Morgan fingerprint density at radius 1 is 1.56 bits per heavy atom. The van der Waals surface area contributed by atoms with Gasteiger partial charge in [0.05, 0.1) is 9.95 Å². The maximum absolute atomic E-state index is 10.6. The summed E-state index contributed by atoms with van der Waals surface area (Å²) in [6.07, 6.45) is 5.33. The molecule has 6 heteroatoms. The molecular formula is C10H8ClN3O2. The van der Waals surface area contributed by atoms with Crippen LogP contribution in [0.25, 0.3) is 11.0 Å². The Labute approximate surface area is 95.8 Å². The van der Waals surface area contributed by atoms with Crippen LogP contribution in [-0.4, -0.2) is 14.5 Å². The van der Waals surface area contributed by atoms with Crippen LogP contribution in [0.4, 0.5) is 5.69 Å². The average Bonchev–Trinajstić information content (AvgIpc) is 3.04. The predicted molar refractivity (Wildman–Crippen MR) is 59.7 cm³/mol. The van der Waals surface area contributed by atoms with E-state index in [1.165, 1.54) is 12.3 Å². The first-order valence-corrected chi connectivity index (χ1v) is 5.35. The summed E-state index contributed by atoms with van der Waals surface area (Å²) in [4.78, 5) is 14.3. The number of rotatable bonds is 2.